The minimum atomic E-state index is -0.760. The van der Waals surface area contributed by atoms with Gasteiger partial charge in [0.15, 0.2) is 0 Å². The molecule has 5 heteroatoms. The Morgan fingerprint density at radius 2 is 1.71 bits per heavy atom. The number of hydrogen-bond donors (Lipinski definition) is 0. The summed E-state index contributed by atoms with van der Waals surface area (Å²) in [6.07, 6.45) is 0. The summed E-state index contributed by atoms with van der Waals surface area (Å²) >= 11 is 9.32. The number of esters is 2. The third kappa shape index (κ3) is 3.52. The van der Waals surface area contributed by atoms with Crippen molar-refractivity contribution in [3.05, 3.63) is 68.1 Å². The van der Waals surface area contributed by atoms with Crippen LogP contribution in [0.5, 0.6) is 0 Å². The first kappa shape index (κ1) is 15.7. The molecule has 0 amide bonds. The minimum Gasteiger partial charge on any atom is -0.386 e. The van der Waals surface area contributed by atoms with Crippen molar-refractivity contribution in [2.24, 2.45) is 0 Å². The summed E-state index contributed by atoms with van der Waals surface area (Å²) in [6, 6.07) is 10.0. The zero-order valence-electron chi connectivity index (χ0n) is 11.4. The Morgan fingerprint density at radius 1 is 1.05 bits per heavy atom. The number of hydrogen-bond acceptors (Lipinski definition) is 3. The van der Waals surface area contributed by atoms with Gasteiger partial charge in [0.1, 0.15) is 0 Å². The van der Waals surface area contributed by atoms with Crippen LogP contribution in [0.2, 0.25) is 5.02 Å². The van der Waals surface area contributed by atoms with Crippen LogP contribution in [0.25, 0.3) is 0 Å². The first-order chi connectivity index (χ1) is 9.90. The quantitative estimate of drug-likeness (QED) is 0.570. The van der Waals surface area contributed by atoms with E-state index in [9.17, 15) is 9.59 Å². The number of rotatable bonds is 2. The Hall–Kier alpha value is -1.65. The Balaban J connectivity index is 2.23. The summed E-state index contributed by atoms with van der Waals surface area (Å²) in [5, 5.41) is 0.263. The zero-order chi connectivity index (χ0) is 15.6. The molecule has 2 aromatic rings. The van der Waals surface area contributed by atoms with Gasteiger partial charge in [-0.1, -0.05) is 39.7 Å². The number of halogens is 2. The van der Waals surface area contributed by atoms with Crippen molar-refractivity contribution in [3.63, 3.8) is 0 Å². The second kappa shape index (κ2) is 6.41. The smallest absolute Gasteiger partial charge is 0.347 e. The van der Waals surface area contributed by atoms with Gasteiger partial charge in [-0.15, -0.1) is 0 Å². The molecule has 0 radical (unpaired) electrons. The van der Waals surface area contributed by atoms with E-state index in [0.29, 0.717) is 11.1 Å². The van der Waals surface area contributed by atoms with E-state index in [1.165, 1.54) is 0 Å². The molecule has 0 saturated carbocycles. The zero-order valence-corrected chi connectivity index (χ0v) is 13.8. The molecule has 0 aliphatic rings. The molecule has 0 atom stereocenters. The molecule has 0 N–H and O–H groups in total. The van der Waals surface area contributed by atoms with Crippen molar-refractivity contribution in [1.82, 2.24) is 0 Å². The Bertz CT molecular complexity index is 725. The van der Waals surface area contributed by atoms with Crippen LogP contribution >= 0.6 is 27.5 Å². The predicted molar refractivity (Wildman–Crippen MR) is 84.8 cm³/mol. The molecule has 3 nitrogen and oxygen atoms in total. The maximum atomic E-state index is 12.1. The van der Waals surface area contributed by atoms with E-state index in [0.717, 1.165) is 10.0 Å². The van der Waals surface area contributed by atoms with Gasteiger partial charge in [0, 0.05) is 4.47 Å². The lowest BCUT2D eigenvalue weighted by Gasteiger charge is -2.08. The van der Waals surface area contributed by atoms with Gasteiger partial charge < -0.3 is 4.74 Å². The number of carbonyl (C=O) groups excluding carboxylic acids is 2. The molecule has 0 unspecified atom stereocenters. The monoisotopic (exact) mass is 366 g/mol. The van der Waals surface area contributed by atoms with Gasteiger partial charge in [-0.2, -0.15) is 0 Å². The van der Waals surface area contributed by atoms with Gasteiger partial charge in [-0.3, -0.25) is 0 Å². The topological polar surface area (TPSA) is 43.4 Å². The normalized spacial score (nSPS) is 10.3. The van der Waals surface area contributed by atoms with Crippen LogP contribution in [0.1, 0.15) is 31.8 Å². The van der Waals surface area contributed by atoms with Gasteiger partial charge in [-0.05, 0) is 49.2 Å². The lowest BCUT2D eigenvalue weighted by Crippen LogP contribution is -2.14. The van der Waals surface area contributed by atoms with E-state index >= 15 is 0 Å². The maximum Gasteiger partial charge on any atom is 0.347 e. The standard InChI is InChI=1S/C16H12BrClO3/c1-9-6-7-12(14(18)8-9)16(20)21-15(19)11-4-3-5-13(17)10(11)2/h3-8H,1-2H3. The number of aryl methyl sites for hydroxylation is 1. The molecule has 21 heavy (non-hydrogen) atoms. The SMILES string of the molecule is Cc1ccc(C(=O)OC(=O)c2cccc(Br)c2C)c(Cl)c1. The van der Waals surface area contributed by atoms with Gasteiger partial charge in [-0.25, -0.2) is 9.59 Å². The fourth-order valence-electron chi connectivity index (χ4n) is 1.81. The van der Waals surface area contributed by atoms with Gasteiger partial charge in [0.2, 0.25) is 0 Å². The van der Waals surface area contributed by atoms with Crippen molar-refractivity contribution >= 4 is 39.5 Å². The predicted octanol–water partition coefficient (Wildman–Crippen LogP) is 4.72. The fraction of sp³-hybridized carbons (Fsp3) is 0.125. The number of carbonyl (C=O) groups is 2. The molecule has 0 spiro atoms. The van der Waals surface area contributed by atoms with Gasteiger partial charge in [0.25, 0.3) is 0 Å². The maximum absolute atomic E-state index is 12.1. The van der Waals surface area contributed by atoms with E-state index < -0.39 is 11.9 Å². The van der Waals surface area contributed by atoms with Crippen molar-refractivity contribution in [3.8, 4) is 0 Å². The molecule has 0 aromatic heterocycles. The molecule has 0 saturated heterocycles. The van der Waals surface area contributed by atoms with Crippen molar-refractivity contribution < 1.29 is 14.3 Å². The highest BCUT2D eigenvalue weighted by molar-refractivity contribution is 9.10. The van der Waals surface area contributed by atoms with E-state index in [1.54, 1.807) is 37.3 Å². The molecular formula is C16H12BrClO3. The van der Waals surface area contributed by atoms with Crippen LogP contribution < -0.4 is 0 Å². The van der Waals surface area contributed by atoms with Gasteiger partial charge >= 0.3 is 11.9 Å². The summed E-state index contributed by atoms with van der Waals surface area (Å²) < 4.78 is 5.67. The van der Waals surface area contributed by atoms with E-state index in [-0.39, 0.29) is 10.6 Å². The first-order valence-corrected chi connectivity index (χ1v) is 7.35. The Labute approximate surface area is 136 Å². The first-order valence-electron chi connectivity index (χ1n) is 6.18. The lowest BCUT2D eigenvalue weighted by molar-refractivity contribution is 0.0397. The molecule has 0 aliphatic carbocycles. The second-order valence-electron chi connectivity index (χ2n) is 4.57. The summed E-state index contributed by atoms with van der Waals surface area (Å²) in [5.41, 5.74) is 2.14. The largest absolute Gasteiger partial charge is 0.386 e. The molecule has 0 heterocycles. The lowest BCUT2D eigenvalue weighted by atomic mass is 10.1. The molecule has 2 aromatic carbocycles. The Kier molecular flexibility index (Phi) is 4.80. The number of benzene rings is 2. The van der Waals surface area contributed by atoms with Crippen LogP contribution in [0.15, 0.2) is 40.9 Å². The highest BCUT2D eigenvalue weighted by Gasteiger charge is 2.19. The summed E-state index contributed by atoms with van der Waals surface area (Å²) in [7, 11) is 0. The third-order valence-electron chi connectivity index (χ3n) is 3.02. The molecule has 0 bridgehead atoms. The number of ether oxygens (including phenoxy) is 1. The van der Waals surface area contributed by atoms with Crippen LogP contribution in [0, 0.1) is 13.8 Å². The van der Waals surface area contributed by atoms with Crippen LogP contribution in [-0.4, -0.2) is 11.9 Å². The van der Waals surface area contributed by atoms with E-state index in [4.69, 9.17) is 16.3 Å². The van der Waals surface area contributed by atoms with Crippen LogP contribution in [0.4, 0.5) is 0 Å². The molecule has 2 rings (SSSR count). The summed E-state index contributed by atoms with van der Waals surface area (Å²) in [4.78, 5) is 24.1. The van der Waals surface area contributed by atoms with Crippen molar-refractivity contribution in [2.45, 2.75) is 13.8 Å². The van der Waals surface area contributed by atoms with E-state index in [1.807, 2.05) is 13.0 Å². The molecular weight excluding hydrogens is 356 g/mol. The van der Waals surface area contributed by atoms with Crippen molar-refractivity contribution in [2.75, 3.05) is 0 Å². The third-order valence-corrected chi connectivity index (χ3v) is 4.19. The second-order valence-corrected chi connectivity index (χ2v) is 5.83. The molecule has 0 aliphatic heterocycles. The molecule has 0 fully saturated rings. The average Bonchev–Trinajstić information content (AvgIpc) is 2.41. The van der Waals surface area contributed by atoms with E-state index in [2.05, 4.69) is 15.9 Å². The summed E-state index contributed by atoms with van der Waals surface area (Å²) in [5.74, 6) is -1.46. The van der Waals surface area contributed by atoms with Crippen LogP contribution in [-0.2, 0) is 4.74 Å². The fourth-order valence-corrected chi connectivity index (χ4v) is 2.49. The van der Waals surface area contributed by atoms with Gasteiger partial charge in [0.05, 0.1) is 16.1 Å². The summed E-state index contributed by atoms with van der Waals surface area (Å²) in [6.45, 7) is 3.63. The Morgan fingerprint density at radius 3 is 2.38 bits per heavy atom. The van der Waals surface area contributed by atoms with Crippen molar-refractivity contribution in [1.29, 1.82) is 0 Å². The highest BCUT2D eigenvalue weighted by Crippen LogP contribution is 2.22. The average molecular weight is 368 g/mol. The molecule has 108 valence electrons. The highest BCUT2D eigenvalue weighted by atomic mass is 79.9. The minimum absolute atomic E-state index is 0.170. The van der Waals surface area contributed by atoms with Crippen LogP contribution in [0.3, 0.4) is 0 Å².